The van der Waals surface area contributed by atoms with Crippen molar-refractivity contribution in [2.24, 2.45) is 4.99 Å². The van der Waals surface area contributed by atoms with Crippen LogP contribution in [0.2, 0.25) is 0 Å². The van der Waals surface area contributed by atoms with E-state index >= 15 is 0 Å². The predicted molar refractivity (Wildman–Crippen MR) is 98.7 cm³/mol. The van der Waals surface area contributed by atoms with E-state index in [9.17, 15) is 4.79 Å². The van der Waals surface area contributed by atoms with Gasteiger partial charge in [-0.3, -0.25) is 9.79 Å². The molecule has 126 valence electrons. The summed E-state index contributed by atoms with van der Waals surface area (Å²) in [6.45, 7) is 5.40. The van der Waals surface area contributed by atoms with E-state index < -0.39 is 0 Å². The van der Waals surface area contributed by atoms with E-state index in [4.69, 9.17) is 4.74 Å². The first-order chi connectivity index (χ1) is 11.7. The maximum absolute atomic E-state index is 12.4. The zero-order valence-corrected chi connectivity index (χ0v) is 14.4. The molecule has 0 saturated carbocycles. The van der Waals surface area contributed by atoms with Crippen molar-refractivity contribution in [2.75, 3.05) is 18.1 Å². The van der Waals surface area contributed by atoms with Crippen molar-refractivity contribution in [3.05, 3.63) is 41.6 Å². The summed E-state index contributed by atoms with van der Waals surface area (Å²) < 4.78 is 5.79. The molecule has 0 spiro atoms. The maximum Gasteiger partial charge on any atom is 0.226 e. The van der Waals surface area contributed by atoms with Gasteiger partial charge in [0.1, 0.15) is 5.75 Å². The molecule has 0 aromatic heterocycles. The van der Waals surface area contributed by atoms with Gasteiger partial charge in [0, 0.05) is 43.3 Å². The number of ether oxygens (including phenoxy) is 1. The Kier molecular flexibility index (Phi) is 5.14. The third-order valence-corrected chi connectivity index (χ3v) is 4.33. The monoisotopic (exact) mass is 324 g/mol. The average molecular weight is 324 g/mol. The SMILES string of the molecule is CCCC(=O)N(CC)c1ccc2c(c1)/C(=C/C1=CCC=N1)CCO2. The number of carbonyl (C=O) groups is 1. The van der Waals surface area contributed by atoms with Crippen LogP contribution in [0.3, 0.4) is 0 Å². The Hall–Kier alpha value is -2.36. The minimum absolute atomic E-state index is 0.172. The van der Waals surface area contributed by atoms with Crippen molar-refractivity contribution < 1.29 is 9.53 Å². The standard InChI is InChI=1S/C20H24N2O2/c1-3-6-20(23)22(4-2)17-8-9-19-18(14-17)15(10-12-24-19)13-16-7-5-11-21-16/h7-9,11,13-14H,3-6,10,12H2,1-2H3/b15-13+. The summed E-state index contributed by atoms with van der Waals surface area (Å²) in [6.07, 6.45) is 9.38. The van der Waals surface area contributed by atoms with Crippen LogP contribution in [-0.4, -0.2) is 25.3 Å². The van der Waals surface area contributed by atoms with Crippen molar-refractivity contribution in [1.29, 1.82) is 0 Å². The second kappa shape index (κ2) is 7.47. The lowest BCUT2D eigenvalue weighted by Gasteiger charge is -2.25. The number of nitrogens with zero attached hydrogens (tertiary/aromatic N) is 2. The highest BCUT2D eigenvalue weighted by atomic mass is 16.5. The molecule has 0 unspecified atom stereocenters. The topological polar surface area (TPSA) is 41.9 Å². The number of carbonyl (C=O) groups excluding carboxylic acids is 1. The quantitative estimate of drug-likeness (QED) is 0.807. The van der Waals surface area contributed by atoms with Gasteiger partial charge in [0.25, 0.3) is 0 Å². The van der Waals surface area contributed by atoms with E-state index in [1.807, 2.05) is 37.1 Å². The predicted octanol–water partition coefficient (Wildman–Crippen LogP) is 4.36. The lowest BCUT2D eigenvalue weighted by Crippen LogP contribution is -2.30. The summed E-state index contributed by atoms with van der Waals surface area (Å²) in [5.74, 6) is 1.06. The van der Waals surface area contributed by atoms with Crippen molar-refractivity contribution >= 4 is 23.4 Å². The molecule has 0 aliphatic carbocycles. The van der Waals surface area contributed by atoms with Crippen LogP contribution in [0.25, 0.3) is 5.57 Å². The molecule has 24 heavy (non-hydrogen) atoms. The van der Waals surface area contributed by atoms with E-state index in [0.717, 1.165) is 42.0 Å². The second-order valence-electron chi connectivity index (χ2n) is 6.01. The van der Waals surface area contributed by atoms with Gasteiger partial charge in [-0.05, 0) is 43.2 Å². The molecule has 0 N–H and O–H groups in total. The van der Waals surface area contributed by atoms with Crippen molar-refractivity contribution in [3.63, 3.8) is 0 Å². The number of anilines is 1. The lowest BCUT2D eigenvalue weighted by atomic mass is 9.97. The molecule has 1 aromatic rings. The van der Waals surface area contributed by atoms with Crippen molar-refractivity contribution in [3.8, 4) is 5.75 Å². The van der Waals surface area contributed by atoms with E-state index in [1.54, 1.807) is 0 Å². The molecular formula is C20H24N2O2. The molecule has 0 saturated heterocycles. The van der Waals surface area contributed by atoms with Crippen molar-refractivity contribution in [1.82, 2.24) is 0 Å². The van der Waals surface area contributed by atoms with Crippen LogP contribution >= 0.6 is 0 Å². The van der Waals surface area contributed by atoms with Crippen LogP contribution in [0.5, 0.6) is 5.75 Å². The highest BCUT2D eigenvalue weighted by molar-refractivity contribution is 5.94. The number of aliphatic imine (C=N–C) groups is 1. The molecule has 2 heterocycles. The minimum Gasteiger partial charge on any atom is -0.493 e. The largest absolute Gasteiger partial charge is 0.493 e. The van der Waals surface area contributed by atoms with Crippen LogP contribution in [0.1, 0.15) is 45.1 Å². The Balaban J connectivity index is 1.95. The number of benzene rings is 1. The summed E-state index contributed by atoms with van der Waals surface area (Å²) in [5.41, 5.74) is 4.25. The Morgan fingerprint density at radius 1 is 1.38 bits per heavy atom. The lowest BCUT2D eigenvalue weighted by molar-refractivity contribution is -0.118. The number of fused-ring (bicyclic) bond motifs is 1. The molecule has 0 atom stereocenters. The molecule has 1 aromatic carbocycles. The molecule has 2 aliphatic heterocycles. The molecule has 0 bridgehead atoms. The smallest absolute Gasteiger partial charge is 0.226 e. The zero-order chi connectivity index (χ0) is 16.9. The van der Waals surface area contributed by atoms with Gasteiger partial charge in [-0.2, -0.15) is 0 Å². The van der Waals surface area contributed by atoms with Crippen LogP contribution in [0, 0.1) is 0 Å². The number of amides is 1. The molecule has 0 radical (unpaired) electrons. The summed E-state index contributed by atoms with van der Waals surface area (Å²) in [4.78, 5) is 18.6. The highest BCUT2D eigenvalue weighted by Gasteiger charge is 2.20. The van der Waals surface area contributed by atoms with Gasteiger partial charge in [-0.15, -0.1) is 0 Å². The fourth-order valence-corrected chi connectivity index (χ4v) is 3.13. The Bertz CT molecular complexity index is 716. The molecule has 3 rings (SSSR count). The van der Waals surface area contributed by atoms with Gasteiger partial charge in [-0.1, -0.05) is 13.0 Å². The van der Waals surface area contributed by atoms with Gasteiger partial charge in [0.2, 0.25) is 5.91 Å². The third-order valence-electron chi connectivity index (χ3n) is 4.33. The zero-order valence-electron chi connectivity index (χ0n) is 14.4. The number of hydrogen-bond acceptors (Lipinski definition) is 3. The van der Waals surface area contributed by atoms with E-state index in [2.05, 4.69) is 23.2 Å². The van der Waals surface area contributed by atoms with Crippen LogP contribution in [0.4, 0.5) is 5.69 Å². The van der Waals surface area contributed by atoms with E-state index in [0.29, 0.717) is 19.6 Å². The fraction of sp³-hybridized carbons (Fsp3) is 0.400. The fourth-order valence-electron chi connectivity index (χ4n) is 3.13. The average Bonchev–Trinajstić information content (AvgIpc) is 3.09. The Morgan fingerprint density at radius 2 is 2.25 bits per heavy atom. The summed E-state index contributed by atoms with van der Waals surface area (Å²) in [5, 5.41) is 0. The molecule has 4 nitrogen and oxygen atoms in total. The second-order valence-corrected chi connectivity index (χ2v) is 6.01. The summed E-state index contributed by atoms with van der Waals surface area (Å²) in [7, 11) is 0. The van der Waals surface area contributed by atoms with E-state index in [1.165, 1.54) is 5.57 Å². The number of rotatable bonds is 5. The maximum atomic E-state index is 12.4. The number of hydrogen-bond donors (Lipinski definition) is 0. The molecule has 4 heteroatoms. The first-order valence-electron chi connectivity index (χ1n) is 8.73. The van der Waals surface area contributed by atoms with Gasteiger partial charge >= 0.3 is 0 Å². The third kappa shape index (κ3) is 3.42. The highest BCUT2D eigenvalue weighted by Crippen LogP contribution is 2.37. The molecule has 2 aliphatic rings. The van der Waals surface area contributed by atoms with Gasteiger partial charge in [0.05, 0.1) is 12.3 Å². The van der Waals surface area contributed by atoms with Gasteiger partial charge < -0.3 is 9.64 Å². The molecule has 0 fully saturated rings. The van der Waals surface area contributed by atoms with Crippen molar-refractivity contribution in [2.45, 2.75) is 39.5 Å². The molecule has 1 amide bonds. The summed E-state index contributed by atoms with van der Waals surface area (Å²) in [6, 6.07) is 6.04. The Morgan fingerprint density at radius 3 is 2.96 bits per heavy atom. The van der Waals surface area contributed by atoms with Crippen LogP contribution in [0.15, 0.2) is 41.0 Å². The summed E-state index contributed by atoms with van der Waals surface area (Å²) >= 11 is 0. The minimum atomic E-state index is 0.172. The van der Waals surface area contributed by atoms with Gasteiger partial charge in [-0.25, -0.2) is 0 Å². The first kappa shape index (κ1) is 16.5. The van der Waals surface area contributed by atoms with Gasteiger partial charge in [0.15, 0.2) is 0 Å². The van der Waals surface area contributed by atoms with Crippen LogP contribution in [-0.2, 0) is 4.79 Å². The first-order valence-corrected chi connectivity index (χ1v) is 8.73. The normalized spacial score (nSPS) is 17.4. The van der Waals surface area contributed by atoms with E-state index in [-0.39, 0.29) is 5.91 Å². The Labute approximate surface area is 143 Å². The molecular weight excluding hydrogens is 300 g/mol. The van der Waals surface area contributed by atoms with Crippen LogP contribution < -0.4 is 9.64 Å². The number of allylic oxidation sites excluding steroid dienone is 2.